The van der Waals surface area contributed by atoms with Crippen LogP contribution in [0.25, 0.3) is 0 Å². The number of cyclic esters (lactones) is 4. The Morgan fingerprint density at radius 1 is 0.511 bits per heavy atom. The molecular formula is C33H56O10S2. The number of carbonyl (C=O) groups is 4. The van der Waals surface area contributed by atoms with Gasteiger partial charge in [0.25, 0.3) is 0 Å². The fourth-order valence-corrected chi connectivity index (χ4v) is 7.05. The van der Waals surface area contributed by atoms with E-state index in [0.717, 1.165) is 38.5 Å². The highest BCUT2D eigenvalue weighted by Gasteiger charge is 2.27. The lowest BCUT2D eigenvalue weighted by molar-refractivity contribution is -0.147. The van der Waals surface area contributed by atoms with Crippen molar-refractivity contribution < 1.29 is 47.6 Å². The summed E-state index contributed by atoms with van der Waals surface area (Å²) in [7, 11) is 0. The zero-order valence-electron chi connectivity index (χ0n) is 27.1. The quantitative estimate of drug-likeness (QED) is 0.0416. The third-order valence-electron chi connectivity index (χ3n) is 7.58. The first-order valence-corrected chi connectivity index (χ1v) is 19.5. The van der Waals surface area contributed by atoms with Crippen LogP contribution in [0.1, 0.15) is 122 Å². The number of hydrogen-bond acceptors (Lipinski definition) is 12. The van der Waals surface area contributed by atoms with Crippen LogP contribution in [0.2, 0.25) is 0 Å². The van der Waals surface area contributed by atoms with Gasteiger partial charge in [-0.25, -0.2) is 9.59 Å². The molecule has 2 heterocycles. The number of rotatable bonds is 30. The zero-order chi connectivity index (χ0) is 32.2. The van der Waals surface area contributed by atoms with Gasteiger partial charge in [0.15, 0.2) is 12.2 Å². The van der Waals surface area contributed by atoms with Crippen molar-refractivity contribution in [1.29, 1.82) is 0 Å². The van der Waals surface area contributed by atoms with Crippen molar-refractivity contribution in [2.45, 2.75) is 134 Å². The molecule has 0 radical (unpaired) electrons. The van der Waals surface area contributed by atoms with Crippen LogP contribution in [-0.2, 0) is 38.0 Å². The molecule has 0 bridgehead atoms. The molecular weight excluding hydrogens is 620 g/mol. The lowest BCUT2D eigenvalue weighted by atomic mass is 10.1. The third-order valence-corrected chi connectivity index (χ3v) is 9.89. The Kier molecular flexibility index (Phi) is 23.9. The predicted molar refractivity (Wildman–Crippen MR) is 177 cm³/mol. The molecule has 2 aliphatic rings. The Morgan fingerprint density at radius 2 is 0.844 bits per heavy atom. The van der Waals surface area contributed by atoms with Gasteiger partial charge in [-0.3, -0.25) is 9.59 Å². The van der Waals surface area contributed by atoms with Gasteiger partial charge < -0.3 is 28.4 Å². The summed E-state index contributed by atoms with van der Waals surface area (Å²) in [6.45, 7) is 0.477. The van der Waals surface area contributed by atoms with E-state index in [1.54, 1.807) is 0 Å². The van der Waals surface area contributed by atoms with Crippen LogP contribution in [0.4, 0.5) is 9.59 Å². The Hall–Kier alpha value is -1.82. The van der Waals surface area contributed by atoms with Gasteiger partial charge in [0.1, 0.15) is 26.4 Å². The minimum Gasteiger partial charge on any atom is -0.462 e. The van der Waals surface area contributed by atoms with Crippen LogP contribution in [0.15, 0.2) is 0 Å². The molecule has 0 spiro atoms. The number of unbranched alkanes of at least 4 members (excludes halogenated alkanes) is 14. The van der Waals surface area contributed by atoms with Crippen molar-refractivity contribution in [3.8, 4) is 0 Å². The van der Waals surface area contributed by atoms with Crippen molar-refractivity contribution in [2.24, 2.45) is 0 Å². The maximum absolute atomic E-state index is 11.7. The monoisotopic (exact) mass is 676 g/mol. The molecule has 2 aliphatic heterocycles. The molecule has 0 aliphatic carbocycles. The van der Waals surface area contributed by atoms with Gasteiger partial charge in [-0.2, -0.15) is 23.5 Å². The van der Waals surface area contributed by atoms with E-state index in [0.29, 0.717) is 12.8 Å². The lowest BCUT2D eigenvalue weighted by Gasteiger charge is -2.08. The average molecular weight is 677 g/mol. The molecule has 2 rings (SSSR count). The number of hydrogen-bond donors (Lipinski definition) is 0. The first-order valence-electron chi connectivity index (χ1n) is 17.2. The summed E-state index contributed by atoms with van der Waals surface area (Å²) in [5.74, 6) is 4.64. The van der Waals surface area contributed by atoms with E-state index in [2.05, 4.69) is 33.0 Å². The molecule has 0 saturated carbocycles. The van der Waals surface area contributed by atoms with Crippen molar-refractivity contribution in [3.63, 3.8) is 0 Å². The molecule has 2 saturated heterocycles. The highest BCUT2D eigenvalue weighted by Crippen LogP contribution is 2.16. The van der Waals surface area contributed by atoms with Crippen LogP contribution < -0.4 is 0 Å². The van der Waals surface area contributed by atoms with E-state index < -0.39 is 24.5 Å². The topological polar surface area (TPSA) is 124 Å². The van der Waals surface area contributed by atoms with Gasteiger partial charge >= 0.3 is 24.2 Å². The minimum atomic E-state index is -0.694. The maximum atomic E-state index is 11.7. The van der Waals surface area contributed by atoms with Gasteiger partial charge in [-0.15, -0.1) is 0 Å². The van der Waals surface area contributed by atoms with Crippen LogP contribution in [-0.4, -0.2) is 85.9 Å². The minimum absolute atomic E-state index is 0.0825. The lowest BCUT2D eigenvalue weighted by Crippen LogP contribution is -2.20. The van der Waals surface area contributed by atoms with E-state index >= 15 is 0 Å². The SMILES string of the molecule is O=C(CCCCCCCCCCSCCCSCCCCCCCCCCC(=O)OCC1COC(=O)O1)OCC1COC(=O)O1. The summed E-state index contributed by atoms with van der Waals surface area (Å²) >= 11 is 4.20. The standard InChI is InChI=1S/C33H56O10S2/c34-30(38-24-28-26-40-32(36)42-28)18-13-9-5-1-3-7-11-15-20-44-22-17-23-45-21-16-12-8-4-2-6-10-14-19-31(35)39-25-29-27-41-33(37)43-29/h28-29H,1-27H2. The van der Waals surface area contributed by atoms with Crippen molar-refractivity contribution >= 4 is 47.8 Å². The number of carbonyl (C=O) groups excluding carboxylic acids is 4. The molecule has 2 fully saturated rings. The van der Waals surface area contributed by atoms with Crippen LogP contribution in [0, 0.1) is 0 Å². The Balaban J connectivity index is 1.17. The van der Waals surface area contributed by atoms with E-state index in [4.69, 9.17) is 18.9 Å². The van der Waals surface area contributed by atoms with E-state index in [1.807, 2.05) is 0 Å². The van der Waals surface area contributed by atoms with E-state index in [1.165, 1.54) is 93.6 Å². The normalized spacial score (nSPS) is 17.4. The summed E-state index contributed by atoms with van der Waals surface area (Å²) in [6, 6.07) is 0. The predicted octanol–water partition coefficient (Wildman–Crippen LogP) is 8.02. The Morgan fingerprint density at radius 3 is 1.20 bits per heavy atom. The van der Waals surface area contributed by atoms with Crippen LogP contribution >= 0.6 is 23.5 Å². The zero-order valence-corrected chi connectivity index (χ0v) is 28.8. The molecule has 0 aromatic carbocycles. The van der Waals surface area contributed by atoms with Gasteiger partial charge in [-0.1, -0.05) is 77.0 Å². The molecule has 260 valence electrons. The van der Waals surface area contributed by atoms with Crippen molar-refractivity contribution in [1.82, 2.24) is 0 Å². The summed E-state index contributed by atoms with van der Waals surface area (Å²) in [5.41, 5.74) is 0. The van der Waals surface area contributed by atoms with Gasteiger partial charge in [0, 0.05) is 12.8 Å². The highest BCUT2D eigenvalue weighted by molar-refractivity contribution is 8.00. The van der Waals surface area contributed by atoms with Gasteiger partial charge in [-0.05, 0) is 55.1 Å². The first-order chi connectivity index (χ1) is 22.0. The third kappa shape index (κ3) is 23.2. The first kappa shape index (κ1) is 39.4. The van der Waals surface area contributed by atoms with Crippen LogP contribution in [0.3, 0.4) is 0 Å². The molecule has 0 amide bonds. The molecule has 2 atom stereocenters. The molecule has 45 heavy (non-hydrogen) atoms. The molecule has 0 aromatic heterocycles. The second kappa shape index (κ2) is 27.3. The van der Waals surface area contributed by atoms with Gasteiger partial charge in [0.2, 0.25) is 0 Å². The largest absolute Gasteiger partial charge is 0.508 e. The maximum Gasteiger partial charge on any atom is 0.508 e. The molecule has 12 heteroatoms. The molecule has 0 N–H and O–H groups in total. The molecule has 0 aromatic rings. The molecule has 10 nitrogen and oxygen atoms in total. The number of ether oxygens (including phenoxy) is 6. The second-order valence-corrected chi connectivity index (χ2v) is 14.2. The Bertz CT molecular complexity index is 748. The van der Waals surface area contributed by atoms with Crippen molar-refractivity contribution in [3.05, 3.63) is 0 Å². The number of esters is 2. The van der Waals surface area contributed by atoms with Crippen molar-refractivity contribution in [2.75, 3.05) is 49.4 Å². The average Bonchev–Trinajstić information content (AvgIpc) is 3.65. The summed E-state index contributed by atoms with van der Waals surface area (Å²) in [5, 5.41) is 0. The highest BCUT2D eigenvalue weighted by atomic mass is 32.2. The molecule has 2 unspecified atom stereocenters. The fourth-order valence-electron chi connectivity index (χ4n) is 4.95. The summed E-state index contributed by atoms with van der Waals surface area (Å²) < 4.78 is 29.2. The van der Waals surface area contributed by atoms with E-state index in [-0.39, 0.29) is 38.4 Å². The fraction of sp³-hybridized carbons (Fsp3) is 0.879. The smallest absolute Gasteiger partial charge is 0.462 e. The second-order valence-electron chi connectivity index (χ2n) is 11.7. The van der Waals surface area contributed by atoms with Crippen LogP contribution in [0.5, 0.6) is 0 Å². The summed E-state index contributed by atoms with van der Waals surface area (Å²) in [4.78, 5) is 45.1. The number of thioether (sulfide) groups is 2. The summed E-state index contributed by atoms with van der Waals surface area (Å²) in [6.07, 6.45) is 18.8. The van der Waals surface area contributed by atoms with E-state index in [9.17, 15) is 19.2 Å². The Labute approximate surface area is 278 Å². The van der Waals surface area contributed by atoms with Gasteiger partial charge in [0.05, 0.1) is 0 Å².